The van der Waals surface area contributed by atoms with Crippen LogP contribution in [-0.2, 0) is 37.3 Å². The van der Waals surface area contributed by atoms with E-state index in [4.69, 9.17) is 0 Å². The summed E-state index contributed by atoms with van der Waals surface area (Å²) in [5.74, 6) is 0. The summed E-state index contributed by atoms with van der Waals surface area (Å²) >= 11 is 0. The van der Waals surface area contributed by atoms with E-state index in [1.165, 1.54) is 48.5 Å². The van der Waals surface area contributed by atoms with Crippen molar-refractivity contribution in [1.29, 1.82) is 0 Å². The summed E-state index contributed by atoms with van der Waals surface area (Å²) in [5, 5.41) is -2.77. The minimum Gasteiger partial charge on any atom is -0.742 e. The molecule has 0 aliphatic rings. The molecule has 0 amide bonds. The SMILES string of the molecule is O=C(c1ccccc1)S(=O)(=O)[O-].O=C(c1ccccc1)S(=O)(=O)[O-].[Fe+2]. The first-order valence-corrected chi connectivity index (χ1v) is 8.95. The van der Waals surface area contributed by atoms with Gasteiger partial charge < -0.3 is 9.11 Å². The van der Waals surface area contributed by atoms with E-state index in [2.05, 4.69) is 0 Å². The molecule has 0 saturated carbocycles. The van der Waals surface area contributed by atoms with E-state index in [9.17, 15) is 35.5 Å². The molecule has 0 N–H and O–H groups in total. The van der Waals surface area contributed by atoms with Gasteiger partial charge >= 0.3 is 17.1 Å². The summed E-state index contributed by atoms with van der Waals surface area (Å²) in [6.45, 7) is 0. The number of hydrogen-bond donors (Lipinski definition) is 0. The van der Waals surface area contributed by atoms with Crippen molar-refractivity contribution >= 4 is 30.5 Å². The van der Waals surface area contributed by atoms with Gasteiger partial charge in [0.05, 0.1) is 0 Å². The van der Waals surface area contributed by atoms with Crippen molar-refractivity contribution in [3.63, 3.8) is 0 Å². The van der Waals surface area contributed by atoms with E-state index in [0.717, 1.165) is 0 Å². The van der Waals surface area contributed by atoms with Gasteiger partial charge in [-0.3, -0.25) is 9.59 Å². The molecule has 0 aliphatic carbocycles. The number of hydrogen-bond acceptors (Lipinski definition) is 8. The van der Waals surface area contributed by atoms with E-state index in [1.54, 1.807) is 12.1 Å². The van der Waals surface area contributed by atoms with E-state index in [1.807, 2.05) is 0 Å². The number of carbonyl (C=O) groups is 2. The van der Waals surface area contributed by atoms with Crippen molar-refractivity contribution in [2.75, 3.05) is 0 Å². The number of benzene rings is 2. The van der Waals surface area contributed by atoms with Gasteiger partial charge in [-0.1, -0.05) is 60.7 Å². The molecule has 11 heteroatoms. The van der Waals surface area contributed by atoms with Gasteiger partial charge in [-0.25, -0.2) is 16.8 Å². The van der Waals surface area contributed by atoms with Crippen molar-refractivity contribution in [2.45, 2.75) is 0 Å². The maximum absolute atomic E-state index is 10.8. The first kappa shape index (κ1) is 23.1. The molecule has 0 radical (unpaired) electrons. The Hall–Kier alpha value is -1.88. The Morgan fingerprint density at radius 2 is 0.840 bits per heavy atom. The van der Waals surface area contributed by atoms with Gasteiger partial charge in [-0.15, -0.1) is 0 Å². The third kappa shape index (κ3) is 7.69. The molecular formula is C14H10FeO8S2. The normalized spacial score (nSPS) is 10.6. The average Bonchev–Trinajstić information content (AvgIpc) is 2.54. The van der Waals surface area contributed by atoms with Gasteiger partial charge in [0.25, 0.3) is 10.2 Å². The maximum Gasteiger partial charge on any atom is 2.00 e. The molecule has 0 bridgehead atoms. The largest absolute Gasteiger partial charge is 2.00 e. The van der Waals surface area contributed by atoms with E-state index < -0.39 is 30.5 Å². The Balaban J connectivity index is 0.000000443. The predicted octanol–water partition coefficient (Wildman–Crippen LogP) is 0.742. The zero-order valence-electron chi connectivity index (χ0n) is 12.2. The first-order chi connectivity index (χ1) is 11.0. The van der Waals surface area contributed by atoms with Gasteiger partial charge in [0.15, 0.2) is 20.2 Å². The van der Waals surface area contributed by atoms with Crippen LogP contribution >= 0.6 is 0 Å². The molecule has 0 aromatic heterocycles. The van der Waals surface area contributed by atoms with E-state index >= 15 is 0 Å². The average molecular weight is 426 g/mol. The second-order valence-corrected chi connectivity index (χ2v) is 6.77. The van der Waals surface area contributed by atoms with Crippen molar-refractivity contribution in [3.05, 3.63) is 71.8 Å². The number of rotatable bonds is 2. The molecule has 0 fully saturated rings. The van der Waals surface area contributed by atoms with Crippen molar-refractivity contribution in [2.24, 2.45) is 0 Å². The monoisotopic (exact) mass is 426 g/mol. The molecule has 134 valence electrons. The van der Waals surface area contributed by atoms with Gasteiger partial charge in [0.1, 0.15) is 0 Å². The smallest absolute Gasteiger partial charge is 0.742 e. The minimum atomic E-state index is -4.84. The molecule has 0 heterocycles. The fourth-order valence-electron chi connectivity index (χ4n) is 1.44. The van der Waals surface area contributed by atoms with Crippen molar-refractivity contribution in [3.8, 4) is 0 Å². The molecule has 0 saturated heterocycles. The van der Waals surface area contributed by atoms with Crippen LogP contribution in [0.1, 0.15) is 20.7 Å². The Morgan fingerprint density at radius 1 is 0.600 bits per heavy atom. The van der Waals surface area contributed by atoms with Crippen LogP contribution in [0.25, 0.3) is 0 Å². The van der Waals surface area contributed by atoms with E-state index in [-0.39, 0.29) is 28.2 Å². The van der Waals surface area contributed by atoms with Gasteiger partial charge in [-0.05, 0) is 0 Å². The summed E-state index contributed by atoms with van der Waals surface area (Å²) in [6.07, 6.45) is 0. The molecule has 2 aromatic carbocycles. The molecular weight excluding hydrogens is 416 g/mol. The molecule has 0 atom stereocenters. The molecule has 2 rings (SSSR count). The predicted molar refractivity (Wildman–Crippen MR) is 80.9 cm³/mol. The third-order valence-corrected chi connectivity index (χ3v) is 3.85. The Morgan fingerprint density at radius 3 is 1.04 bits per heavy atom. The summed E-state index contributed by atoms with van der Waals surface area (Å²) < 4.78 is 61.4. The molecule has 8 nitrogen and oxygen atoms in total. The third-order valence-electron chi connectivity index (χ3n) is 2.47. The Bertz CT molecular complexity index is 844. The van der Waals surface area contributed by atoms with Crippen LogP contribution < -0.4 is 0 Å². The second-order valence-electron chi connectivity index (χ2n) is 4.22. The van der Waals surface area contributed by atoms with Crippen LogP contribution in [0.2, 0.25) is 0 Å². The summed E-state index contributed by atoms with van der Waals surface area (Å²) in [6, 6.07) is 14.3. The van der Waals surface area contributed by atoms with Crippen LogP contribution in [0.15, 0.2) is 60.7 Å². The fourth-order valence-corrected chi connectivity index (χ4v) is 2.29. The number of carbonyl (C=O) groups excluding carboxylic acids is 2. The van der Waals surface area contributed by atoms with Crippen molar-refractivity contribution in [1.82, 2.24) is 0 Å². The minimum absolute atomic E-state index is 0. The molecule has 25 heavy (non-hydrogen) atoms. The van der Waals surface area contributed by atoms with Crippen LogP contribution in [0.5, 0.6) is 0 Å². The van der Waals surface area contributed by atoms with Crippen molar-refractivity contribution < 1.29 is 52.6 Å². The van der Waals surface area contributed by atoms with Crippen LogP contribution in [-0.4, -0.2) is 36.2 Å². The van der Waals surface area contributed by atoms with Gasteiger partial charge in [0, 0.05) is 11.1 Å². The van der Waals surface area contributed by atoms with E-state index in [0.29, 0.717) is 0 Å². The van der Waals surface area contributed by atoms with Gasteiger partial charge in [-0.2, -0.15) is 0 Å². The zero-order chi connectivity index (χ0) is 18.4. The summed E-state index contributed by atoms with van der Waals surface area (Å²) in [5.41, 5.74) is -0.208. The van der Waals surface area contributed by atoms with Gasteiger partial charge in [0.2, 0.25) is 0 Å². The topological polar surface area (TPSA) is 149 Å². The molecule has 2 aromatic rings. The first-order valence-electron chi connectivity index (χ1n) is 6.14. The fraction of sp³-hybridized carbons (Fsp3) is 0. The molecule has 0 aliphatic heterocycles. The molecule has 0 unspecified atom stereocenters. The second kappa shape index (κ2) is 9.56. The summed E-state index contributed by atoms with van der Waals surface area (Å²) in [4.78, 5) is 21.5. The Kier molecular flexibility index (Phi) is 8.84. The van der Waals surface area contributed by atoms with Crippen LogP contribution in [0.4, 0.5) is 0 Å². The van der Waals surface area contributed by atoms with Crippen LogP contribution in [0.3, 0.4) is 0 Å². The quantitative estimate of drug-likeness (QED) is 0.504. The Labute approximate surface area is 154 Å². The maximum atomic E-state index is 10.8. The summed E-state index contributed by atoms with van der Waals surface area (Å²) in [7, 11) is -9.69. The zero-order valence-corrected chi connectivity index (χ0v) is 14.9. The van der Waals surface area contributed by atoms with Crippen LogP contribution in [0, 0.1) is 0 Å². The molecule has 0 spiro atoms. The standard InChI is InChI=1S/2C7H6O4S.Fe/c2*8-7(12(9,10)11)6-4-2-1-3-5-6;/h2*1-5H,(H,9,10,11);/q;;+2/p-2.